The molecule has 1 aromatic carbocycles. The molecule has 2 aromatic rings. The van der Waals surface area contributed by atoms with Crippen molar-refractivity contribution in [2.75, 3.05) is 5.32 Å². The van der Waals surface area contributed by atoms with Crippen LogP contribution in [-0.4, -0.2) is 16.2 Å². The zero-order valence-corrected chi connectivity index (χ0v) is 9.64. The highest BCUT2D eigenvalue weighted by Gasteiger charge is 1.96. The van der Waals surface area contributed by atoms with Gasteiger partial charge in [-0.1, -0.05) is 12.1 Å². The first-order valence-electron chi connectivity index (χ1n) is 5.36. The molecular formula is C12H15N5. The number of aromatic amines is 1. The van der Waals surface area contributed by atoms with Gasteiger partial charge in [-0.05, 0) is 30.7 Å². The maximum absolute atomic E-state index is 5.78. The summed E-state index contributed by atoms with van der Waals surface area (Å²) in [4.78, 5) is 4.20. The Kier molecular flexibility index (Phi) is 3.40. The van der Waals surface area contributed by atoms with Crippen molar-refractivity contribution in [1.29, 1.82) is 0 Å². The number of nitrogens with one attached hydrogen (secondary N) is 2. The van der Waals surface area contributed by atoms with E-state index < -0.39 is 0 Å². The lowest BCUT2D eigenvalue weighted by Crippen LogP contribution is -2.22. The van der Waals surface area contributed by atoms with Crippen LogP contribution in [0.3, 0.4) is 0 Å². The fourth-order valence-electron chi connectivity index (χ4n) is 1.45. The zero-order chi connectivity index (χ0) is 12.1. The van der Waals surface area contributed by atoms with Crippen molar-refractivity contribution in [3.8, 4) is 0 Å². The number of aromatic nitrogens is 2. The number of nitrogens with zero attached hydrogens (tertiary/aromatic N) is 2. The fraction of sp³-hybridized carbons (Fsp3) is 0.167. The summed E-state index contributed by atoms with van der Waals surface area (Å²) in [7, 11) is 0. The van der Waals surface area contributed by atoms with Crippen molar-refractivity contribution in [2.24, 2.45) is 10.7 Å². The molecule has 17 heavy (non-hydrogen) atoms. The molecule has 1 heterocycles. The predicted molar refractivity (Wildman–Crippen MR) is 68.7 cm³/mol. The maximum atomic E-state index is 5.78. The molecule has 2 rings (SSSR count). The van der Waals surface area contributed by atoms with E-state index in [4.69, 9.17) is 5.73 Å². The van der Waals surface area contributed by atoms with E-state index in [0.29, 0.717) is 12.5 Å². The number of aliphatic imine (C=N–C) groups is 1. The number of hydrogen-bond acceptors (Lipinski definition) is 2. The van der Waals surface area contributed by atoms with E-state index in [-0.39, 0.29) is 0 Å². The lowest BCUT2D eigenvalue weighted by atomic mass is 10.2. The van der Waals surface area contributed by atoms with Crippen LogP contribution in [-0.2, 0) is 6.54 Å². The van der Waals surface area contributed by atoms with Gasteiger partial charge in [-0.2, -0.15) is 5.10 Å². The second-order valence-electron chi connectivity index (χ2n) is 3.78. The van der Waals surface area contributed by atoms with Gasteiger partial charge >= 0.3 is 0 Å². The first-order valence-corrected chi connectivity index (χ1v) is 5.36. The Labute approximate surface area is 99.8 Å². The van der Waals surface area contributed by atoms with Crippen molar-refractivity contribution in [3.05, 3.63) is 47.8 Å². The van der Waals surface area contributed by atoms with Crippen LogP contribution in [0.15, 0.2) is 41.5 Å². The van der Waals surface area contributed by atoms with Crippen molar-refractivity contribution < 1.29 is 0 Å². The maximum Gasteiger partial charge on any atom is 0.193 e. The number of anilines is 1. The van der Waals surface area contributed by atoms with E-state index in [1.54, 1.807) is 6.20 Å². The minimum Gasteiger partial charge on any atom is -0.370 e. The average Bonchev–Trinajstić information content (AvgIpc) is 2.79. The normalized spacial score (nSPS) is 11.5. The topological polar surface area (TPSA) is 79.1 Å². The van der Waals surface area contributed by atoms with Crippen LogP contribution >= 0.6 is 0 Å². The molecule has 0 radical (unpaired) electrons. The van der Waals surface area contributed by atoms with Crippen LogP contribution < -0.4 is 11.1 Å². The van der Waals surface area contributed by atoms with Gasteiger partial charge in [0, 0.05) is 11.9 Å². The molecule has 0 saturated carbocycles. The largest absolute Gasteiger partial charge is 0.370 e. The molecule has 0 aliphatic heterocycles. The van der Waals surface area contributed by atoms with Gasteiger partial charge in [0.05, 0.1) is 12.2 Å². The molecule has 0 atom stereocenters. The Morgan fingerprint density at radius 2 is 2.35 bits per heavy atom. The molecule has 0 aliphatic carbocycles. The lowest BCUT2D eigenvalue weighted by molar-refractivity contribution is 0.944. The van der Waals surface area contributed by atoms with Crippen molar-refractivity contribution >= 4 is 11.6 Å². The Bertz CT molecular complexity index is 501. The van der Waals surface area contributed by atoms with E-state index >= 15 is 0 Å². The third-order valence-corrected chi connectivity index (χ3v) is 2.27. The highest BCUT2D eigenvalue weighted by molar-refractivity contribution is 5.92. The summed E-state index contributed by atoms with van der Waals surface area (Å²) < 4.78 is 0. The number of H-pyrrole nitrogens is 1. The standard InChI is InChI=1S/C12H15N5/c1-9-3-2-4-10(7-9)16-12(13)14-8-11-5-6-15-17-11/h2-7H,8H2,1H3,(H,15,17)(H3,13,14,16). The highest BCUT2D eigenvalue weighted by Crippen LogP contribution is 2.08. The number of guanidine groups is 1. The Morgan fingerprint density at radius 3 is 3.06 bits per heavy atom. The minimum atomic E-state index is 0.394. The average molecular weight is 229 g/mol. The summed E-state index contributed by atoms with van der Waals surface area (Å²) in [6.45, 7) is 2.52. The molecule has 0 fully saturated rings. The molecule has 0 amide bonds. The van der Waals surface area contributed by atoms with E-state index in [1.165, 1.54) is 5.56 Å². The van der Waals surface area contributed by atoms with Crippen molar-refractivity contribution in [3.63, 3.8) is 0 Å². The monoisotopic (exact) mass is 229 g/mol. The smallest absolute Gasteiger partial charge is 0.193 e. The second-order valence-corrected chi connectivity index (χ2v) is 3.78. The van der Waals surface area contributed by atoms with Crippen LogP contribution in [0.4, 0.5) is 5.69 Å². The summed E-state index contributed by atoms with van der Waals surface area (Å²) in [6, 6.07) is 9.83. The van der Waals surface area contributed by atoms with Gasteiger partial charge < -0.3 is 11.1 Å². The van der Waals surface area contributed by atoms with Crippen LogP contribution in [0.25, 0.3) is 0 Å². The van der Waals surface area contributed by atoms with Crippen LogP contribution in [0.2, 0.25) is 0 Å². The van der Waals surface area contributed by atoms with Gasteiger partial charge in [-0.15, -0.1) is 0 Å². The van der Waals surface area contributed by atoms with Gasteiger partial charge in [-0.25, -0.2) is 4.99 Å². The molecule has 1 aromatic heterocycles. The van der Waals surface area contributed by atoms with Crippen LogP contribution in [0.1, 0.15) is 11.3 Å². The third kappa shape index (κ3) is 3.34. The number of benzene rings is 1. The highest BCUT2D eigenvalue weighted by atomic mass is 15.1. The molecule has 4 N–H and O–H groups in total. The lowest BCUT2D eigenvalue weighted by Gasteiger charge is -2.05. The second kappa shape index (κ2) is 5.16. The summed E-state index contributed by atoms with van der Waals surface area (Å²) in [5.41, 5.74) is 8.82. The van der Waals surface area contributed by atoms with E-state index in [0.717, 1.165) is 11.4 Å². The van der Waals surface area contributed by atoms with Gasteiger partial charge in [0.25, 0.3) is 0 Å². The number of rotatable bonds is 3. The molecule has 0 unspecified atom stereocenters. The van der Waals surface area contributed by atoms with E-state index in [2.05, 4.69) is 20.5 Å². The molecule has 0 bridgehead atoms. The van der Waals surface area contributed by atoms with Crippen molar-refractivity contribution in [2.45, 2.75) is 13.5 Å². The molecule has 0 saturated heterocycles. The quantitative estimate of drug-likeness (QED) is 0.553. The SMILES string of the molecule is Cc1cccc(NC(N)=NCc2ccn[nH]2)c1. The van der Waals surface area contributed by atoms with E-state index in [1.807, 2.05) is 37.3 Å². The Morgan fingerprint density at radius 1 is 1.47 bits per heavy atom. The van der Waals surface area contributed by atoms with Crippen LogP contribution in [0.5, 0.6) is 0 Å². The molecular weight excluding hydrogens is 214 g/mol. The van der Waals surface area contributed by atoms with Crippen molar-refractivity contribution in [1.82, 2.24) is 10.2 Å². The fourth-order valence-corrected chi connectivity index (χ4v) is 1.45. The first kappa shape index (κ1) is 11.2. The summed E-state index contributed by atoms with van der Waals surface area (Å²) in [5.74, 6) is 0.394. The zero-order valence-electron chi connectivity index (χ0n) is 9.64. The summed E-state index contributed by atoms with van der Waals surface area (Å²) in [5, 5.41) is 9.70. The third-order valence-electron chi connectivity index (χ3n) is 2.27. The van der Waals surface area contributed by atoms with Gasteiger partial charge in [-0.3, -0.25) is 5.10 Å². The number of nitrogens with two attached hydrogens (primary N) is 1. The molecule has 5 nitrogen and oxygen atoms in total. The molecule has 88 valence electrons. The van der Waals surface area contributed by atoms with Gasteiger partial charge in [0.2, 0.25) is 0 Å². The molecule has 5 heteroatoms. The predicted octanol–water partition coefficient (Wildman–Crippen LogP) is 1.64. The number of hydrogen-bond donors (Lipinski definition) is 3. The minimum absolute atomic E-state index is 0.394. The Hall–Kier alpha value is -2.30. The Balaban J connectivity index is 1.96. The molecule has 0 aliphatic rings. The van der Waals surface area contributed by atoms with E-state index in [9.17, 15) is 0 Å². The van der Waals surface area contributed by atoms with Gasteiger partial charge in [0.15, 0.2) is 5.96 Å². The summed E-state index contributed by atoms with van der Waals surface area (Å²) >= 11 is 0. The van der Waals surface area contributed by atoms with Gasteiger partial charge in [0.1, 0.15) is 0 Å². The first-order chi connectivity index (χ1) is 8.24. The molecule has 0 spiro atoms. The van der Waals surface area contributed by atoms with Crippen LogP contribution in [0, 0.1) is 6.92 Å². The number of aryl methyl sites for hydroxylation is 1. The summed E-state index contributed by atoms with van der Waals surface area (Å²) in [6.07, 6.45) is 1.69.